The fraction of sp³-hybridized carbons (Fsp3) is 0.556. The average molecular weight is 333 g/mol. The largest absolute Gasteiger partial charge is 0.383 e. The highest BCUT2D eigenvalue weighted by atomic mass is 16.5. The Hall–Kier alpha value is -1.92. The van der Waals surface area contributed by atoms with Crippen LogP contribution in [0.4, 0.5) is 0 Å². The molecule has 0 saturated carbocycles. The fourth-order valence-corrected chi connectivity index (χ4v) is 2.83. The molecule has 1 aromatic carbocycles. The Morgan fingerprint density at radius 3 is 2.50 bits per heavy atom. The average Bonchev–Trinajstić information content (AvgIpc) is 2.64. The summed E-state index contributed by atoms with van der Waals surface area (Å²) in [5.74, 6) is 0.149. The standard InChI is InChI=1S/C18H27N3O3/c1-24-14-11-19-9-10-20-17(22)15-7-12-21(13-8-15)18(23)16-5-3-2-4-6-16/h2-6,15,19H,7-14H2,1H3,(H,20,22). The van der Waals surface area contributed by atoms with Gasteiger partial charge in [0.25, 0.3) is 5.91 Å². The first-order chi connectivity index (χ1) is 11.7. The predicted octanol–water partition coefficient (Wildman–Crippen LogP) is 0.891. The summed E-state index contributed by atoms with van der Waals surface area (Å²) < 4.78 is 4.94. The Kier molecular flexibility index (Phi) is 7.71. The Morgan fingerprint density at radius 2 is 1.83 bits per heavy atom. The number of benzene rings is 1. The molecule has 2 N–H and O–H groups in total. The molecule has 0 aliphatic carbocycles. The molecule has 0 spiro atoms. The second-order valence-corrected chi connectivity index (χ2v) is 5.97. The number of carbonyl (C=O) groups excluding carboxylic acids is 2. The Bertz CT molecular complexity index is 514. The van der Waals surface area contributed by atoms with Crippen molar-refractivity contribution in [2.45, 2.75) is 12.8 Å². The monoisotopic (exact) mass is 333 g/mol. The van der Waals surface area contributed by atoms with E-state index < -0.39 is 0 Å². The molecule has 1 heterocycles. The Morgan fingerprint density at radius 1 is 1.12 bits per heavy atom. The van der Waals surface area contributed by atoms with Gasteiger partial charge in [0.2, 0.25) is 5.91 Å². The second kappa shape index (κ2) is 10.1. The molecule has 0 bridgehead atoms. The summed E-state index contributed by atoms with van der Waals surface area (Å²) >= 11 is 0. The number of nitrogens with one attached hydrogen (secondary N) is 2. The van der Waals surface area contributed by atoms with Gasteiger partial charge in [-0.25, -0.2) is 0 Å². The Labute approximate surface area is 143 Å². The summed E-state index contributed by atoms with van der Waals surface area (Å²) in [4.78, 5) is 26.4. The first-order valence-electron chi connectivity index (χ1n) is 8.54. The van der Waals surface area contributed by atoms with Gasteiger partial charge in [-0.1, -0.05) is 18.2 Å². The van der Waals surface area contributed by atoms with Crippen molar-refractivity contribution in [1.82, 2.24) is 15.5 Å². The van der Waals surface area contributed by atoms with E-state index in [2.05, 4.69) is 10.6 Å². The minimum Gasteiger partial charge on any atom is -0.383 e. The summed E-state index contributed by atoms with van der Waals surface area (Å²) in [5, 5.41) is 6.15. The molecule has 0 atom stereocenters. The van der Waals surface area contributed by atoms with Crippen LogP contribution in [0.1, 0.15) is 23.2 Å². The van der Waals surface area contributed by atoms with Crippen LogP contribution in [-0.2, 0) is 9.53 Å². The lowest BCUT2D eigenvalue weighted by Crippen LogP contribution is -2.44. The quantitative estimate of drug-likeness (QED) is 0.693. The number of hydrogen-bond donors (Lipinski definition) is 2. The molecule has 2 amide bonds. The number of rotatable bonds is 8. The molecule has 24 heavy (non-hydrogen) atoms. The van der Waals surface area contributed by atoms with E-state index in [9.17, 15) is 9.59 Å². The minimum atomic E-state index is 0.00352. The van der Waals surface area contributed by atoms with Crippen LogP contribution in [0, 0.1) is 5.92 Å². The van der Waals surface area contributed by atoms with E-state index in [-0.39, 0.29) is 17.7 Å². The molecule has 2 rings (SSSR count). The van der Waals surface area contributed by atoms with Crippen molar-refractivity contribution in [1.29, 1.82) is 0 Å². The van der Waals surface area contributed by atoms with Gasteiger partial charge in [0, 0.05) is 51.3 Å². The van der Waals surface area contributed by atoms with Crippen molar-refractivity contribution in [2.75, 3.05) is 46.4 Å². The van der Waals surface area contributed by atoms with E-state index >= 15 is 0 Å². The van der Waals surface area contributed by atoms with Gasteiger partial charge in [-0.05, 0) is 25.0 Å². The second-order valence-electron chi connectivity index (χ2n) is 5.97. The highest BCUT2D eigenvalue weighted by Crippen LogP contribution is 2.19. The van der Waals surface area contributed by atoms with Crippen molar-refractivity contribution in [2.24, 2.45) is 5.92 Å². The third-order valence-electron chi connectivity index (χ3n) is 4.26. The summed E-state index contributed by atoms with van der Waals surface area (Å²) in [7, 11) is 1.67. The highest BCUT2D eigenvalue weighted by Gasteiger charge is 2.27. The van der Waals surface area contributed by atoms with Crippen molar-refractivity contribution >= 4 is 11.8 Å². The van der Waals surface area contributed by atoms with Crippen LogP contribution < -0.4 is 10.6 Å². The molecular formula is C18H27N3O3. The molecule has 0 aromatic heterocycles. The first-order valence-corrected chi connectivity index (χ1v) is 8.54. The van der Waals surface area contributed by atoms with E-state index in [0.717, 1.165) is 25.9 Å². The van der Waals surface area contributed by atoms with Gasteiger partial charge in [-0.3, -0.25) is 9.59 Å². The van der Waals surface area contributed by atoms with Crippen LogP contribution in [0.2, 0.25) is 0 Å². The van der Waals surface area contributed by atoms with Gasteiger partial charge in [0.1, 0.15) is 0 Å². The normalized spacial score (nSPS) is 15.3. The molecule has 132 valence electrons. The SMILES string of the molecule is COCCNCCNC(=O)C1CCN(C(=O)c2ccccc2)CC1. The maximum Gasteiger partial charge on any atom is 0.253 e. The van der Waals surface area contributed by atoms with E-state index in [1.54, 1.807) is 7.11 Å². The molecule has 1 fully saturated rings. The third-order valence-corrected chi connectivity index (χ3v) is 4.26. The molecule has 1 aliphatic rings. The minimum absolute atomic E-state index is 0.00352. The number of likely N-dealkylation sites (tertiary alicyclic amines) is 1. The lowest BCUT2D eigenvalue weighted by atomic mass is 9.95. The lowest BCUT2D eigenvalue weighted by Gasteiger charge is -2.31. The number of piperidine rings is 1. The molecule has 1 aromatic rings. The van der Waals surface area contributed by atoms with Crippen LogP contribution in [0.5, 0.6) is 0 Å². The zero-order chi connectivity index (χ0) is 17.2. The van der Waals surface area contributed by atoms with E-state index in [4.69, 9.17) is 4.74 Å². The Balaban J connectivity index is 1.67. The molecule has 0 radical (unpaired) electrons. The fourth-order valence-electron chi connectivity index (χ4n) is 2.83. The van der Waals surface area contributed by atoms with E-state index in [0.29, 0.717) is 31.8 Å². The topological polar surface area (TPSA) is 70.7 Å². The summed E-state index contributed by atoms with van der Waals surface area (Å²) in [6, 6.07) is 9.30. The number of amides is 2. The van der Waals surface area contributed by atoms with Crippen LogP contribution >= 0.6 is 0 Å². The maximum absolute atomic E-state index is 12.4. The van der Waals surface area contributed by atoms with Gasteiger partial charge in [-0.2, -0.15) is 0 Å². The first kappa shape index (κ1) is 18.4. The predicted molar refractivity (Wildman–Crippen MR) is 92.8 cm³/mol. The van der Waals surface area contributed by atoms with Gasteiger partial charge in [0.05, 0.1) is 6.61 Å². The lowest BCUT2D eigenvalue weighted by molar-refractivity contribution is -0.126. The van der Waals surface area contributed by atoms with Gasteiger partial charge in [0.15, 0.2) is 0 Å². The van der Waals surface area contributed by atoms with Crippen molar-refractivity contribution < 1.29 is 14.3 Å². The summed E-state index contributed by atoms with van der Waals surface area (Å²) in [6.45, 7) is 4.08. The molecule has 6 heteroatoms. The molecule has 0 unspecified atom stereocenters. The van der Waals surface area contributed by atoms with Crippen LogP contribution in [0.25, 0.3) is 0 Å². The smallest absolute Gasteiger partial charge is 0.253 e. The van der Waals surface area contributed by atoms with Gasteiger partial charge in [-0.15, -0.1) is 0 Å². The van der Waals surface area contributed by atoms with Gasteiger partial charge >= 0.3 is 0 Å². The van der Waals surface area contributed by atoms with Crippen molar-refractivity contribution in [3.05, 3.63) is 35.9 Å². The van der Waals surface area contributed by atoms with Gasteiger partial charge < -0.3 is 20.3 Å². The van der Waals surface area contributed by atoms with Crippen molar-refractivity contribution in [3.8, 4) is 0 Å². The third kappa shape index (κ3) is 5.62. The van der Waals surface area contributed by atoms with Crippen molar-refractivity contribution in [3.63, 3.8) is 0 Å². The molecule has 1 saturated heterocycles. The molecular weight excluding hydrogens is 306 g/mol. The number of ether oxygens (including phenoxy) is 1. The van der Waals surface area contributed by atoms with Crippen LogP contribution in [0.15, 0.2) is 30.3 Å². The summed E-state index contributed by atoms with van der Waals surface area (Å²) in [5.41, 5.74) is 0.711. The van der Waals surface area contributed by atoms with E-state index in [1.807, 2.05) is 35.2 Å². The summed E-state index contributed by atoms with van der Waals surface area (Å²) in [6.07, 6.45) is 1.45. The number of nitrogens with zero attached hydrogens (tertiary/aromatic N) is 1. The molecule has 6 nitrogen and oxygen atoms in total. The number of methoxy groups -OCH3 is 1. The maximum atomic E-state index is 12.4. The highest BCUT2D eigenvalue weighted by molar-refractivity contribution is 5.94. The zero-order valence-electron chi connectivity index (χ0n) is 14.3. The number of carbonyl (C=O) groups is 2. The van der Waals surface area contributed by atoms with Crippen LogP contribution in [0.3, 0.4) is 0 Å². The van der Waals surface area contributed by atoms with E-state index in [1.165, 1.54) is 0 Å². The van der Waals surface area contributed by atoms with Crippen LogP contribution in [-0.4, -0.2) is 63.2 Å². The number of hydrogen-bond acceptors (Lipinski definition) is 4. The zero-order valence-corrected chi connectivity index (χ0v) is 14.3. The molecule has 1 aliphatic heterocycles.